The second kappa shape index (κ2) is 10.0. The summed E-state index contributed by atoms with van der Waals surface area (Å²) in [5, 5.41) is 18.5. The molecular formula is C18H24FN3O2S. The molecule has 1 heterocycles. The molecule has 0 aliphatic heterocycles. The van der Waals surface area contributed by atoms with E-state index in [2.05, 4.69) is 28.6 Å². The van der Waals surface area contributed by atoms with Crippen LogP contribution in [0.25, 0.3) is 0 Å². The summed E-state index contributed by atoms with van der Waals surface area (Å²) in [5.41, 5.74) is 0. The fourth-order valence-corrected chi connectivity index (χ4v) is 2.84. The number of nitrogens with zero attached hydrogens (tertiary/aromatic N) is 1. The van der Waals surface area contributed by atoms with Crippen LogP contribution in [0.15, 0.2) is 46.8 Å². The van der Waals surface area contributed by atoms with Crippen LogP contribution in [0.2, 0.25) is 0 Å². The molecule has 0 bridgehead atoms. The Kier molecular flexibility index (Phi) is 7.69. The molecule has 0 aliphatic carbocycles. The van der Waals surface area contributed by atoms with Crippen molar-refractivity contribution < 1.29 is 14.2 Å². The zero-order chi connectivity index (χ0) is 18.1. The number of ether oxygens (including phenoxy) is 1. The quantitative estimate of drug-likeness (QED) is 0.497. The van der Waals surface area contributed by atoms with E-state index in [1.54, 1.807) is 11.3 Å². The minimum atomic E-state index is -0.752. The summed E-state index contributed by atoms with van der Waals surface area (Å²) in [5.74, 6) is 0.837. The Hall–Kier alpha value is -2.12. The molecule has 0 spiro atoms. The van der Waals surface area contributed by atoms with Gasteiger partial charge < -0.3 is 20.5 Å². The second-order valence-corrected chi connectivity index (χ2v) is 6.50. The van der Waals surface area contributed by atoms with Gasteiger partial charge in [-0.2, -0.15) is 0 Å². The van der Waals surface area contributed by atoms with Gasteiger partial charge in [-0.25, -0.2) is 4.39 Å². The Morgan fingerprint density at radius 2 is 2.08 bits per heavy atom. The third kappa shape index (κ3) is 6.72. The number of benzene rings is 1. The van der Waals surface area contributed by atoms with Gasteiger partial charge in [0.15, 0.2) is 5.96 Å². The third-order valence-electron chi connectivity index (χ3n) is 3.38. The van der Waals surface area contributed by atoms with E-state index in [1.165, 1.54) is 29.1 Å². The summed E-state index contributed by atoms with van der Waals surface area (Å²) in [6.07, 6.45) is -0.752. The minimum absolute atomic E-state index is 0.0923. The van der Waals surface area contributed by atoms with E-state index in [1.807, 2.05) is 18.4 Å². The molecule has 1 aromatic carbocycles. The van der Waals surface area contributed by atoms with Gasteiger partial charge in [0.1, 0.15) is 24.3 Å². The summed E-state index contributed by atoms with van der Waals surface area (Å²) in [4.78, 5) is 5.61. The zero-order valence-electron chi connectivity index (χ0n) is 14.4. The second-order valence-electron chi connectivity index (χ2n) is 5.52. The molecule has 0 radical (unpaired) electrons. The average Bonchev–Trinajstić information content (AvgIpc) is 3.14. The first-order valence-electron chi connectivity index (χ1n) is 8.23. The van der Waals surface area contributed by atoms with Gasteiger partial charge in [-0.05, 0) is 49.6 Å². The first kappa shape index (κ1) is 19.2. The largest absolute Gasteiger partial charge is 0.491 e. The molecule has 0 saturated carbocycles. The van der Waals surface area contributed by atoms with E-state index in [-0.39, 0.29) is 25.0 Å². The van der Waals surface area contributed by atoms with Gasteiger partial charge in [0.2, 0.25) is 0 Å². The van der Waals surface area contributed by atoms with Gasteiger partial charge in [0.25, 0.3) is 0 Å². The van der Waals surface area contributed by atoms with Gasteiger partial charge in [-0.1, -0.05) is 6.07 Å². The predicted molar refractivity (Wildman–Crippen MR) is 99.8 cm³/mol. The summed E-state index contributed by atoms with van der Waals surface area (Å²) in [6.45, 7) is 5.07. The van der Waals surface area contributed by atoms with Gasteiger partial charge >= 0.3 is 0 Å². The number of aliphatic hydroxyl groups is 1. The summed E-state index contributed by atoms with van der Waals surface area (Å²) >= 11 is 1.68. The highest BCUT2D eigenvalue weighted by molar-refractivity contribution is 7.10. The Morgan fingerprint density at radius 3 is 2.72 bits per heavy atom. The number of aliphatic hydroxyl groups excluding tert-OH is 1. The Bertz CT molecular complexity index is 647. The van der Waals surface area contributed by atoms with Gasteiger partial charge in [0.05, 0.1) is 12.6 Å². The van der Waals surface area contributed by atoms with Crippen LogP contribution in [0.1, 0.15) is 24.8 Å². The number of nitrogens with one attached hydrogen (secondary N) is 2. The van der Waals surface area contributed by atoms with Crippen LogP contribution in [0.5, 0.6) is 5.75 Å². The van der Waals surface area contributed by atoms with Crippen LogP contribution in [0.3, 0.4) is 0 Å². The zero-order valence-corrected chi connectivity index (χ0v) is 15.2. The summed E-state index contributed by atoms with van der Waals surface area (Å²) in [7, 11) is 0. The van der Waals surface area contributed by atoms with Crippen molar-refractivity contribution in [1.29, 1.82) is 0 Å². The van der Waals surface area contributed by atoms with Crippen LogP contribution in [-0.2, 0) is 0 Å². The van der Waals surface area contributed by atoms with E-state index < -0.39 is 6.10 Å². The molecular weight excluding hydrogens is 341 g/mol. The normalized spacial score (nSPS) is 14.0. The van der Waals surface area contributed by atoms with Crippen molar-refractivity contribution in [2.45, 2.75) is 26.0 Å². The maximum absolute atomic E-state index is 12.8. The molecule has 2 rings (SSSR count). The maximum Gasteiger partial charge on any atom is 0.191 e. The molecule has 0 fully saturated rings. The number of halogens is 1. The highest BCUT2D eigenvalue weighted by atomic mass is 32.1. The van der Waals surface area contributed by atoms with Crippen LogP contribution in [0.4, 0.5) is 4.39 Å². The van der Waals surface area contributed by atoms with Gasteiger partial charge in [-0.15, -0.1) is 11.3 Å². The number of hydrogen-bond donors (Lipinski definition) is 3. The van der Waals surface area contributed by atoms with Gasteiger partial charge in [-0.3, -0.25) is 4.99 Å². The minimum Gasteiger partial charge on any atom is -0.491 e. The van der Waals surface area contributed by atoms with Crippen molar-refractivity contribution in [3.8, 4) is 5.75 Å². The van der Waals surface area contributed by atoms with Gasteiger partial charge in [0, 0.05) is 11.4 Å². The van der Waals surface area contributed by atoms with E-state index in [4.69, 9.17) is 4.74 Å². The number of rotatable bonds is 8. The molecule has 0 amide bonds. The average molecular weight is 365 g/mol. The predicted octanol–water partition coefficient (Wildman–Crippen LogP) is 2.94. The molecule has 0 saturated heterocycles. The van der Waals surface area contributed by atoms with Crippen molar-refractivity contribution in [2.24, 2.45) is 4.99 Å². The number of guanidine groups is 1. The molecule has 7 heteroatoms. The number of thiophene rings is 1. The SMILES string of the molecule is CCNC(=NCC(O)COc1ccc(F)cc1)NC(C)c1cccs1. The summed E-state index contributed by atoms with van der Waals surface area (Å²) in [6, 6.07) is 9.90. The Labute approximate surface area is 151 Å². The highest BCUT2D eigenvalue weighted by Crippen LogP contribution is 2.17. The van der Waals surface area contributed by atoms with Crippen LogP contribution < -0.4 is 15.4 Å². The molecule has 136 valence electrons. The molecule has 0 aliphatic rings. The lowest BCUT2D eigenvalue weighted by Crippen LogP contribution is -2.39. The van der Waals surface area contributed by atoms with Crippen LogP contribution in [0, 0.1) is 5.82 Å². The van der Waals surface area contributed by atoms with Crippen molar-refractivity contribution in [1.82, 2.24) is 10.6 Å². The first-order valence-corrected chi connectivity index (χ1v) is 9.11. The highest BCUT2D eigenvalue weighted by Gasteiger charge is 2.10. The Balaban J connectivity index is 1.83. The standard InChI is InChI=1S/C18H24FN3O2S/c1-3-20-18(22-13(2)17-5-4-10-25-17)21-11-15(23)12-24-16-8-6-14(19)7-9-16/h4-10,13,15,23H,3,11-12H2,1-2H3,(H2,20,21,22). The number of hydrogen-bond acceptors (Lipinski definition) is 4. The molecule has 25 heavy (non-hydrogen) atoms. The fourth-order valence-electron chi connectivity index (χ4n) is 2.11. The Morgan fingerprint density at radius 1 is 1.32 bits per heavy atom. The van der Waals surface area contributed by atoms with E-state index in [0.717, 1.165) is 6.54 Å². The lowest BCUT2D eigenvalue weighted by molar-refractivity contribution is 0.114. The molecule has 2 unspecified atom stereocenters. The number of aliphatic imine (C=N–C) groups is 1. The van der Waals surface area contributed by atoms with Crippen LogP contribution in [-0.4, -0.2) is 36.9 Å². The molecule has 3 N–H and O–H groups in total. The molecule has 2 aromatic rings. The van der Waals surface area contributed by atoms with E-state index in [0.29, 0.717) is 11.7 Å². The molecule has 1 aromatic heterocycles. The third-order valence-corrected chi connectivity index (χ3v) is 4.44. The lowest BCUT2D eigenvalue weighted by atomic mass is 10.3. The molecule has 2 atom stereocenters. The smallest absolute Gasteiger partial charge is 0.191 e. The monoisotopic (exact) mass is 365 g/mol. The molecule has 5 nitrogen and oxygen atoms in total. The van der Waals surface area contributed by atoms with E-state index in [9.17, 15) is 9.50 Å². The summed E-state index contributed by atoms with van der Waals surface area (Å²) < 4.78 is 18.3. The van der Waals surface area contributed by atoms with Crippen molar-refractivity contribution in [2.75, 3.05) is 19.7 Å². The first-order chi connectivity index (χ1) is 12.1. The lowest BCUT2D eigenvalue weighted by Gasteiger charge is -2.17. The van der Waals surface area contributed by atoms with E-state index >= 15 is 0 Å². The van der Waals surface area contributed by atoms with Crippen molar-refractivity contribution in [3.63, 3.8) is 0 Å². The maximum atomic E-state index is 12.8. The fraction of sp³-hybridized carbons (Fsp3) is 0.389. The topological polar surface area (TPSA) is 65.9 Å². The van der Waals surface area contributed by atoms with Crippen LogP contribution >= 0.6 is 11.3 Å². The van der Waals surface area contributed by atoms with Crippen molar-refractivity contribution in [3.05, 3.63) is 52.5 Å². The van der Waals surface area contributed by atoms with Crippen molar-refractivity contribution >= 4 is 17.3 Å².